The van der Waals surface area contributed by atoms with Crippen molar-refractivity contribution in [1.29, 1.82) is 0 Å². The molecule has 3 heterocycles. The number of hydrogen-bond donors (Lipinski definition) is 2. The predicted octanol–water partition coefficient (Wildman–Crippen LogP) is 4.67. The van der Waals surface area contributed by atoms with Crippen LogP contribution in [0.2, 0.25) is 0 Å². The molecule has 3 atom stereocenters. The second-order valence-electron chi connectivity index (χ2n) is 8.63. The number of unbranched alkanes of at least 4 members (excludes halogenated alkanes) is 5. The van der Waals surface area contributed by atoms with Crippen LogP contribution in [-0.4, -0.2) is 38.6 Å². The Bertz CT molecular complexity index is 1080. The number of ether oxygens (including phenoxy) is 1. The summed E-state index contributed by atoms with van der Waals surface area (Å²) in [6, 6.07) is 10.7. The Morgan fingerprint density at radius 1 is 1.16 bits per heavy atom. The maximum atomic E-state index is 12.5. The van der Waals surface area contributed by atoms with E-state index < -0.39 is 24.1 Å². The first kappa shape index (κ1) is 23.1. The molecular weight excluding hydrogens is 424 g/mol. The summed E-state index contributed by atoms with van der Waals surface area (Å²) in [7, 11) is 0. The molecule has 7 heteroatoms. The van der Waals surface area contributed by atoms with Gasteiger partial charge in [0.15, 0.2) is 0 Å². The highest BCUT2D eigenvalue weighted by atomic mass is 32.1. The van der Waals surface area contributed by atoms with Gasteiger partial charge in [0.25, 0.3) is 0 Å². The van der Waals surface area contributed by atoms with Crippen LogP contribution in [0.15, 0.2) is 41.3 Å². The number of nitrogens with zero attached hydrogens (tertiary/aromatic N) is 2. The Labute approximate surface area is 192 Å². The summed E-state index contributed by atoms with van der Waals surface area (Å²) in [5.74, 6) is 0. The molecule has 1 fully saturated rings. The lowest BCUT2D eigenvalue weighted by Crippen LogP contribution is -2.27. The summed E-state index contributed by atoms with van der Waals surface area (Å²) in [5, 5.41) is 20.1. The molecule has 0 radical (unpaired) electrons. The van der Waals surface area contributed by atoms with Gasteiger partial charge in [0.1, 0.15) is 17.2 Å². The topological polar surface area (TPSA) is 84.6 Å². The number of hydrogen-bond acceptors (Lipinski definition) is 6. The minimum absolute atomic E-state index is 0.259. The van der Waals surface area contributed by atoms with Crippen molar-refractivity contribution in [3.63, 3.8) is 0 Å². The van der Waals surface area contributed by atoms with E-state index in [0.29, 0.717) is 4.83 Å². The number of aliphatic hydroxyl groups is 2. The van der Waals surface area contributed by atoms with Crippen molar-refractivity contribution in [3.8, 4) is 10.4 Å². The van der Waals surface area contributed by atoms with Crippen molar-refractivity contribution < 1.29 is 14.9 Å². The summed E-state index contributed by atoms with van der Waals surface area (Å²) in [4.78, 5) is 18.5. The lowest BCUT2D eigenvalue weighted by Gasteiger charge is -2.14. The summed E-state index contributed by atoms with van der Waals surface area (Å²) in [6.45, 7) is 1.97. The van der Waals surface area contributed by atoms with Gasteiger partial charge in [-0.2, -0.15) is 4.98 Å². The highest BCUT2D eigenvalue weighted by molar-refractivity contribution is 7.21. The molecule has 32 heavy (non-hydrogen) atoms. The van der Waals surface area contributed by atoms with Crippen LogP contribution in [-0.2, 0) is 11.2 Å². The SMILES string of the molecule is CCCCCCCCc1ccc(-c2cc3cn([C@H]4C[C@H](O)[C@@H](CO)O4)c(=O)nc3s2)cc1. The zero-order valence-corrected chi connectivity index (χ0v) is 19.4. The number of rotatable bonds is 10. The monoisotopic (exact) mass is 456 g/mol. The van der Waals surface area contributed by atoms with Crippen LogP contribution >= 0.6 is 11.3 Å². The fourth-order valence-electron chi connectivity index (χ4n) is 4.27. The molecule has 2 N–H and O–H groups in total. The quantitative estimate of drug-likeness (QED) is 0.433. The van der Waals surface area contributed by atoms with E-state index in [9.17, 15) is 15.0 Å². The maximum absolute atomic E-state index is 12.5. The Morgan fingerprint density at radius 2 is 1.91 bits per heavy atom. The van der Waals surface area contributed by atoms with Gasteiger partial charge in [-0.25, -0.2) is 4.79 Å². The third-order valence-corrected chi connectivity index (χ3v) is 7.28. The number of aromatic nitrogens is 2. The third-order valence-electron chi connectivity index (χ3n) is 6.19. The van der Waals surface area contributed by atoms with Gasteiger partial charge in [-0.1, -0.05) is 63.3 Å². The van der Waals surface area contributed by atoms with Gasteiger partial charge in [-0.05, 0) is 30.0 Å². The number of fused-ring (bicyclic) bond motifs is 1. The standard InChI is InChI=1S/C25H32N2O4S/c1-2-3-4-5-6-7-8-17-9-11-18(12-10-17)22-13-19-15-27(25(30)26-24(19)32-22)23-14-20(29)21(16-28)31-23/h9-13,15,20-21,23,28-29H,2-8,14,16H2,1H3/t20-,21+,23+/m0/s1. The molecule has 1 aliphatic rings. The van der Waals surface area contributed by atoms with Crippen molar-refractivity contribution in [2.24, 2.45) is 0 Å². The first-order chi connectivity index (χ1) is 15.6. The van der Waals surface area contributed by atoms with E-state index >= 15 is 0 Å². The normalized spacial score (nSPS) is 20.9. The average molecular weight is 457 g/mol. The van der Waals surface area contributed by atoms with Crippen LogP contribution in [0.1, 0.15) is 63.7 Å². The molecule has 0 spiro atoms. The van der Waals surface area contributed by atoms with Crippen molar-refractivity contribution >= 4 is 21.6 Å². The predicted molar refractivity (Wildman–Crippen MR) is 128 cm³/mol. The first-order valence-electron chi connectivity index (χ1n) is 11.7. The van der Waals surface area contributed by atoms with E-state index in [1.165, 1.54) is 60.0 Å². The summed E-state index contributed by atoms with van der Waals surface area (Å²) in [5.41, 5.74) is 2.07. The van der Waals surface area contributed by atoms with Gasteiger partial charge in [-0.3, -0.25) is 4.57 Å². The van der Waals surface area contributed by atoms with E-state index in [0.717, 1.165) is 22.2 Å². The maximum Gasteiger partial charge on any atom is 0.351 e. The molecule has 0 amide bonds. The number of benzene rings is 1. The van der Waals surface area contributed by atoms with Crippen LogP contribution in [0.5, 0.6) is 0 Å². The van der Waals surface area contributed by atoms with Crippen molar-refractivity contribution in [2.75, 3.05) is 6.61 Å². The molecule has 2 aromatic heterocycles. The van der Waals surface area contributed by atoms with Crippen LogP contribution < -0.4 is 5.69 Å². The van der Waals surface area contributed by atoms with E-state index in [1.807, 2.05) is 6.07 Å². The van der Waals surface area contributed by atoms with Crippen LogP contribution in [0.25, 0.3) is 20.7 Å². The molecule has 0 unspecified atom stereocenters. The highest BCUT2D eigenvalue weighted by Crippen LogP contribution is 2.33. The Balaban J connectivity index is 1.44. The molecule has 1 aromatic carbocycles. The lowest BCUT2D eigenvalue weighted by molar-refractivity contribution is -0.0457. The molecular formula is C25H32N2O4S. The fraction of sp³-hybridized carbons (Fsp3) is 0.520. The Hall–Kier alpha value is -2.06. The van der Waals surface area contributed by atoms with Crippen LogP contribution in [0.4, 0.5) is 0 Å². The van der Waals surface area contributed by atoms with E-state index in [1.54, 1.807) is 6.20 Å². The second kappa shape index (κ2) is 10.7. The van der Waals surface area contributed by atoms with Gasteiger partial charge in [-0.15, -0.1) is 11.3 Å². The van der Waals surface area contributed by atoms with Gasteiger partial charge >= 0.3 is 5.69 Å². The summed E-state index contributed by atoms with van der Waals surface area (Å²) >= 11 is 1.50. The molecule has 4 rings (SSSR count). The number of aryl methyl sites for hydroxylation is 1. The second-order valence-corrected chi connectivity index (χ2v) is 9.66. The van der Waals surface area contributed by atoms with Gasteiger partial charge in [0.2, 0.25) is 0 Å². The lowest BCUT2D eigenvalue weighted by atomic mass is 10.0. The van der Waals surface area contributed by atoms with Crippen LogP contribution in [0, 0.1) is 0 Å². The van der Waals surface area contributed by atoms with Crippen molar-refractivity contribution in [3.05, 3.63) is 52.6 Å². The minimum Gasteiger partial charge on any atom is -0.394 e. The van der Waals surface area contributed by atoms with E-state index in [4.69, 9.17) is 4.74 Å². The molecule has 1 saturated heterocycles. The highest BCUT2D eigenvalue weighted by Gasteiger charge is 2.35. The zero-order valence-electron chi connectivity index (χ0n) is 18.6. The molecule has 0 aliphatic carbocycles. The van der Waals surface area contributed by atoms with Gasteiger partial charge in [0.05, 0.1) is 12.7 Å². The summed E-state index contributed by atoms with van der Waals surface area (Å²) < 4.78 is 7.05. The molecule has 3 aromatic rings. The molecule has 6 nitrogen and oxygen atoms in total. The van der Waals surface area contributed by atoms with Crippen molar-refractivity contribution in [2.45, 2.75) is 76.7 Å². The molecule has 0 bridgehead atoms. The average Bonchev–Trinajstić information content (AvgIpc) is 3.38. The molecule has 172 valence electrons. The minimum atomic E-state index is -0.791. The van der Waals surface area contributed by atoms with Crippen LogP contribution in [0.3, 0.4) is 0 Å². The van der Waals surface area contributed by atoms with Crippen molar-refractivity contribution in [1.82, 2.24) is 9.55 Å². The van der Waals surface area contributed by atoms with Gasteiger partial charge in [0, 0.05) is 22.9 Å². The largest absolute Gasteiger partial charge is 0.394 e. The number of thiophene rings is 1. The smallest absolute Gasteiger partial charge is 0.351 e. The molecule has 1 aliphatic heterocycles. The zero-order chi connectivity index (χ0) is 22.5. The third kappa shape index (κ3) is 5.29. The fourth-order valence-corrected chi connectivity index (χ4v) is 5.27. The van der Waals surface area contributed by atoms with E-state index in [-0.39, 0.29) is 13.0 Å². The number of aliphatic hydroxyl groups excluding tert-OH is 2. The summed E-state index contributed by atoms with van der Waals surface area (Å²) in [6.07, 6.45) is 8.86. The Morgan fingerprint density at radius 3 is 2.62 bits per heavy atom. The Kier molecular flexibility index (Phi) is 7.73. The van der Waals surface area contributed by atoms with Gasteiger partial charge < -0.3 is 14.9 Å². The van der Waals surface area contributed by atoms with E-state index in [2.05, 4.69) is 36.2 Å². The molecule has 0 saturated carbocycles. The first-order valence-corrected chi connectivity index (χ1v) is 12.5.